The molecule has 0 atom stereocenters. The maximum absolute atomic E-state index is 10.4. The second-order valence-electron chi connectivity index (χ2n) is 3.72. The quantitative estimate of drug-likeness (QED) is 0.626. The van der Waals surface area contributed by atoms with E-state index in [9.17, 15) is 4.79 Å². The van der Waals surface area contributed by atoms with Crippen molar-refractivity contribution in [3.8, 4) is 11.1 Å². The van der Waals surface area contributed by atoms with Gasteiger partial charge in [-0.1, -0.05) is 54.6 Å². The maximum Gasteiger partial charge on any atom is 0.332 e. The number of nitrogens with one attached hydrogen (secondary N) is 1. The molecule has 0 fully saturated rings. The van der Waals surface area contributed by atoms with Crippen LogP contribution in [0.4, 0.5) is 4.79 Å². The zero-order valence-electron chi connectivity index (χ0n) is 9.71. The van der Waals surface area contributed by atoms with E-state index in [0.717, 1.165) is 16.7 Å². The molecule has 0 heterocycles. The van der Waals surface area contributed by atoms with Gasteiger partial charge in [-0.3, -0.25) is 0 Å². The van der Waals surface area contributed by atoms with Crippen molar-refractivity contribution >= 4 is 12.2 Å². The van der Waals surface area contributed by atoms with Crippen molar-refractivity contribution in [2.24, 2.45) is 10.8 Å². The summed E-state index contributed by atoms with van der Waals surface area (Å²) in [5, 5.41) is 3.69. The van der Waals surface area contributed by atoms with E-state index in [-0.39, 0.29) is 0 Å². The van der Waals surface area contributed by atoms with Crippen LogP contribution < -0.4 is 11.2 Å². The zero-order valence-corrected chi connectivity index (χ0v) is 9.71. The van der Waals surface area contributed by atoms with Crippen LogP contribution in [0.3, 0.4) is 0 Å². The summed E-state index contributed by atoms with van der Waals surface area (Å²) >= 11 is 0. The van der Waals surface area contributed by atoms with Crippen LogP contribution in [0.15, 0.2) is 59.7 Å². The summed E-state index contributed by atoms with van der Waals surface area (Å²) in [5.74, 6) is 0. The molecular weight excluding hydrogens is 226 g/mol. The Kier molecular flexibility index (Phi) is 3.71. The van der Waals surface area contributed by atoms with Gasteiger partial charge in [0.25, 0.3) is 0 Å². The molecule has 0 radical (unpaired) electrons. The molecule has 0 spiro atoms. The van der Waals surface area contributed by atoms with E-state index < -0.39 is 6.03 Å². The van der Waals surface area contributed by atoms with Crippen molar-refractivity contribution in [1.82, 2.24) is 5.43 Å². The monoisotopic (exact) mass is 239 g/mol. The van der Waals surface area contributed by atoms with Crippen molar-refractivity contribution < 1.29 is 4.79 Å². The van der Waals surface area contributed by atoms with E-state index in [1.807, 2.05) is 42.5 Å². The standard InChI is InChI=1S/C14H13N3O/c15-14(18)17-16-10-11-6-8-13(9-7-11)12-4-2-1-3-5-12/h1-10H,(H3,15,17,18)/b16-10-. The molecule has 0 aliphatic rings. The Labute approximate surface area is 105 Å². The third-order valence-electron chi connectivity index (χ3n) is 2.41. The summed E-state index contributed by atoms with van der Waals surface area (Å²) in [5.41, 5.74) is 10.2. The molecule has 3 N–H and O–H groups in total. The molecule has 0 bridgehead atoms. The Bertz CT molecular complexity index is 547. The first-order valence-electron chi connectivity index (χ1n) is 5.50. The molecule has 0 aliphatic carbocycles. The zero-order chi connectivity index (χ0) is 12.8. The van der Waals surface area contributed by atoms with E-state index in [0.29, 0.717) is 0 Å². The second-order valence-corrected chi connectivity index (χ2v) is 3.72. The average molecular weight is 239 g/mol. The third-order valence-corrected chi connectivity index (χ3v) is 2.41. The summed E-state index contributed by atoms with van der Waals surface area (Å²) in [7, 11) is 0. The highest BCUT2D eigenvalue weighted by atomic mass is 16.2. The van der Waals surface area contributed by atoms with Gasteiger partial charge in [-0.05, 0) is 16.7 Å². The molecule has 0 saturated carbocycles. The number of nitrogens with zero attached hydrogens (tertiary/aromatic N) is 1. The second kappa shape index (κ2) is 5.63. The van der Waals surface area contributed by atoms with Gasteiger partial charge in [0.15, 0.2) is 0 Å². The van der Waals surface area contributed by atoms with Gasteiger partial charge in [0, 0.05) is 0 Å². The van der Waals surface area contributed by atoms with Gasteiger partial charge in [-0.2, -0.15) is 5.10 Å². The minimum absolute atomic E-state index is 0.674. The number of hydrogen-bond donors (Lipinski definition) is 2. The summed E-state index contributed by atoms with van der Waals surface area (Å²) < 4.78 is 0. The Morgan fingerprint density at radius 2 is 1.61 bits per heavy atom. The molecule has 0 aliphatic heterocycles. The molecule has 4 nitrogen and oxygen atoms in total. The topological polar surface area (TPSA) is 67.5 Å². The number of amides is 2. The molecule has 4 heteroatoms. The van der Waals surface area contributed by atoms with Crippen molar-refractivity contribution in [2.45, 2.75) is 0 Å². The first kappa shape index (κ1) is 11.9. The lowest BCUT2D eigenvalue weighted by Gasteiger charge is -2.01. The first-order valence-corrected chi connectivity index (χ1v) is 5.50. The molecule has 2 aromatic carbocycles. The Balaban J connectivity index is 2.11. The van der Waals surface area contributed by atoms with E-state index >= 15 is 0 Å². The minimum atomic E-state index is -0.674. The Hall–Kier alpha value is -2.62. The van der Waals surface area contributed by atoms with Crippen molar-refractivity contribution in [3.63, 3.8) is 0 Å². The first-order chi connectivity index (χ1) is 8.75. The molecule has 18 heavy (non-hydrogen) atoms. The Morgan fingerprint density at radius 1 is 1.00 bits per heavy atom. The van der Waals surface area contributed by atoms with E-state index in [1.165, 1.54) is 0 Å². The van der Waals surface area contributed by atoms with Crippen LogP contribution in [0.1, 0.15) is 5.56 Å². The van der Waals surface area contributed by atoms with Crippen LogP contribution in [0.25, 0.3) is 11.1 Å². The predicted octanol–water partition coefficient (Wildman–Crippen LogP) is 2.36. The van der Waals surface area contributed by atoms with Crippen LogP contribution in [-0.4, -0.2) is 12.2 Å². The molecule has 2 rings (SSSR count). The smallest absolute Gasteiger partial charge is 0.332 e. The lowest BCUT2D eigenvalue weighted by molar-refractivity contribution is 0.249. The number of nitrogens with two attached hydrogens (primary N) is 1. The fourth-order valence-corrected chi connectivity index (χ4v) is 1.56. The fraction of sp³-hybridized carbons (Fsp3) is 0. The Morgan fingerprint density at radius 3 is 2.22 bits per heavy atom. The summed E-state index contributed by atoms with van der Waals surface area (Å²) in [6.45, 7) is 0. The van der Waals surface area contributed by atoms with Gasteiger partial charge in [0.05, 0.1) is 6.21 Å². The average Bonchev–Trinajstić information content (AvgIpc) is 2.40. The SMILES string of the molecule is NC(=O)N/N=C\c1ccc(-c2ccccc2)cc1. The van der Waals surface area contributed by atoms with Crippen LogP contribution in [0.2, 0.25) is 0 Å². The number of benzene rings is 2. The number of carbonyl (C=O) groups excluding carboxylic acids is 1. The predicted molar refractivity (Wildman–Crippen MR) is 72.2 cm³/mol. The maximum atomic E-state index is 10.4. The van der Waals surface area contributed by atoms with Gasteiger partial charge in [-0.15, -0.1) is 0 Å². The number of carbonyl (C=O) groups is 1. The molecule has 0 unspecified atom stereocenters. The summed E-state index contributed by atoms with van der Waals surface area (Å²) in [4.78, 5) is 10.4. The van der Waals surface area contributed by atoms with E-state index in [4.69, 9.17) is 5.73 Å². The van der Waals surface area contributed by atoms with Crippen LogP contribution in [0.5, 0.6) is 0 Å². The molecule has 90 valence electrons. The van der Waals surface area contributed by atoms with Crippen molar-refractivity contribution in [3.05, 3.63) is 60.2 Å². The van der Waals surface area contributed by atoms with Crippen LogP contribution in [0, 0.1) is 0 Å². The number of hydrogen-bond acceptors (Lipinski definition) is 2. The fourth-order valence-electron chi connectivity index (χ4n) is 1.56. The van der Waals surface area contributed by atoms with Gasteiger partial charge in [0.1, 0.15) is 0 Å². The summed E-state index contributed by atoms with van der Waals surface area (Å²) in [6, 6.07) is 17.3. The largest absolute Gasteiger partial charge is 0.350 e. The molecule has 0 aromatic heterocycles. The van der Waals surface area contributed by atoms with Gasteiger partial charge >= 0.3 is 6.03 Å². The van der Waals surface area contributed by atoms with Crippen LogP contribution in [-0.2, 0) is 0 Å². The highest BCUT2D eigenvalue weighted by Gasteiger charge is 1.95. The molecule has 0 saturated heterocycles. The van der Waals surface area contributed by atoms with Gasteiger partial charge in [0.2, 0.25) is 0 Å². The summed E-state index contributed by atoms with van der Waals surface area (Å²) in [6.07, 6.45) is 1.54. The van der Waals surface area contributed by atoms with Crippen molar-refractivity contribution in [2.75, 3.05) is 0 Å². The molecule has 2 amide bonds. The minimum Gasteiger partial charge on any atom is -0.350 e. The number of hydrazone groups is 1. The van der Waals surface area contributed by atoms with E-state index in [2.05, 4.69) is 22.7 Å². The highest BCUT2D eigenvalue weighted by molar-refractivity contribution is 5.82. The van der Waals surface area contributed by atoms with E-state index in [1.54, 1.807) is 6.21 Å². The number of rotatable bonds is 3. The molecule has 2 aromatic rings. The lowest BCUT2D eigenvalue weighted by Crippen LogP contribution is -2.24. The van der Waals surface area contributed by atoms with Crippen molar-refractivity contribution in [1.29, 1.82) is 0 Å². The normalized spacial score (nSPS) is 10.4. The molecular formula is C14H13N3O. The third kappa shape index (κ3) is 3.18. The van der Waals surface area contributed by atoms with Gasteiger partial charge < -0.3 is 5.73 Å². The highest BCUT2D eigenvalue weighted by Crippen LogP contribution is 2.18. The number of primary amides is 1. The lowest BCUT2D eigenvalue weighted by atomic mass is 10.0. The van der Waals surface area contributed by atoms with Crippen LogP contribution >= 0.6 is 0 Å². The number of urea groups is 1. The van der Waals surface area contributed by atoms with Gasteiger partial charge in [-0.25, -0.2) is 10.2 Å².